The Morgan fingerprint density at radius 2 is 1.78 bits per heavy atom. The summed E-state index contributed by atoms with van der Waals surface area (Å²) in [5.41, 5.74) is 2.44. The van der Waals surface area contributed by atoms with Gasteiger partial charge in [-0.05, 0) is 81.2 Å². The largest absolute Gasteiger partial charge is 0.338 e. The molecule has 2 fully saturated rings. The van der Waals surface area contributed by atoms with E-state index < -0.39 is 0 Å². The number of Topliss-reactive ketones (excluding diaryl/α,β-unsaturated/α-hetero) is 1. The topological polar surface area (TPSA) is 61.4 Å². The van der Waals surface area contributed by atoms with Gasteiger partial charge >= 0.3 is 6.03 Å². The number of ketones is 1. The summed E-state index contributed by atoms with van der Waals surface area (Å²) in [5.74, 6) is 0.476. The zero-order valence-electron chi connectivity index (χ0n) is 18.6. The molecule has 3 atom stereocenters. The molecule has 0 radical (unpaired) electrons. The zero-order chi connectivity index (χ0) is 22.5. The number of hydrogen-bond donors (Lipinski definition) is 2. The quantitative estimate of drug-likeness (QED) is 0.450. The molecule has 2 aromatic carbocycles. The van der Waals surface area contributed by atoms with Crippen molar-refractivity contribution in [3.05, 3.63) is 65.5 Å². The van der Waals surface area contributed by atoms with Crippen molar-refractivity contribution in [2.45, 2.75) is 57.5 Å². The minimum absolute atomic E-state index is 0.0230. The van der Waals surface area contributed by atoms with E-state index in [1.54, 1.807) is 36.4 Å². The summed E-state index contributed by atoms with van der Waals surface area (Å²) in [7, 11) is 0. The van der Waals surface area contributed by atoms with Crippen LogP contribution in [0.15, 0.2) is 48.5 Å². The molecule has 5 nitrogen and oxygen atoms in total. The monoisotopic (exact) mass is 437 g/mol. The fourth-order valence-electron chi connectivity index (χ4n) is 5.33. The van der Waals surface area contributed by atoms with Gasteiger partial charge in [-0.25, -0.2) is 9.18 Å². The maximum Gasteiger partial charge on any atom is 0.319 e. The van der Waals surface area contributed by atoms with Crippen LogP contribution < -0.4 is 10.6 Å². The summed E-state index contributed by atoms with van der Waals surface area (Å²) >= 11 is 0. The van der Waals surface area contributed by atoms with Crippen molar-refractivity contribution >= 4 is 17.5 Å². The van der Waals surface area contributed by atoms with Crippen LogP contribution in [0.2, 0.25) is 0 Å². The highest BCUT2D eigenvalue weighted by Gasteiger charge is 2.39. The van der Waals surface area contributed by atoms with Crippen molar-refractivity contribution < 1.29 is 14.0 Å². The highest BCUT2D eigenvalue weighted by molar-refractivity contribution is 5.96. The first-order valence-corrected chi connectivity index (χ1v) is 11.6. The molecule has 1 unspecified atom stereocenters. The minimum Gasteiger partial charge on any atom is -0.338 e. The number of nitrogens with zero attached hydrogens (tertiary/aromatic N) is 1. The van der Waals surface area contributed by atoms with E-state index in [-0.39, 0.29) is 17.6 Å². The molecule has 2 aliphatic rings. The van der Waals surface area contributed by atoms with Gasteiger partial charge in [0.1, 0.15) is 5.82 Å². The Balaban J connectivity index is 1.18. The van der Waals surface area contributed by atoms with E-state index in [1.807, 2.05) is 12.1 Å². The molecule has 32 heavy (non-hydrogen) atoms. The van der Waals surface area contributed by atoms with Gasteiger partial charge in [0, 0.05) is 36.4 Å². The smallest absolute Gasteiger partial charge is 0.319 e. The molecule has 4 rings (SSSR count). The van der Waals surface area contributed by atoms with Crippen LogP contribution in [0.4, 0.5) is 14.9 Å². The van der Waals surface area contributed by atoms with E-state index in [0.29, 0.717) is 35.8 Å². The number of urea groups is 1. The molecule has 2 saturated heterocycles. The fraction of sp³-hybridized carbons (Fsp3) is 0.462. The summed E-state index contributed by atoms with van der Waals surface area (Å²) in [5, 5.41) is 5.72. The molecule has 0 aliphatic carbocycles. The Morgan fingerprint density at radius 3 is 2.47 bits per heavy atom. The van der Waals surface area contributed by atoms with Crippen molar-refractivity contribution in [1.29, 1.82) is 0 Å². The summed E-state index contributed by atoms with van der Waals surface area (Å²) in [6.45, 7) is 3.13. The summed E-state index contributed by atoms with van der Waals surface area (Å²) in [4.78, 5) is 26.3. The van der Waals surface area contributed by atoms with Crippen LogP contribution in [0.25, 0.3) is 0 Å². The average molecular weight is 438 g/mol. The minimum atomic E-state index is -0.244. The summed E-state index contributed by atoms with van der Waals surface area (Å²) in [6.07, 6.45) is 6.86. The number of piperidine rings is 1. The predicted molar refractivity (Wildman–Crippen MR) is 124 cm³/mol. The lowest BCUT2D eigenvalue weighted by molar-refractivity contribution is 0.101. The number of carbonyl (C=O) groups excluding carboxylic acids is 2. The Hall–Kier alpha value is -2.73. The van der Waals surface area contributed by atoms with E-state index >= 15 is 0 Å². The van der Waals surface area contributed by atoms with Gasteiger partial charge < -0.3 is 10.6 Å². The number of hydrogen-bond acceptors (Lipinski definition) is 3. The second-order valence-corrected chi connectivity index (χ2v) is 9.16. The lowest BCUT2D eigenvalue weighted by atomic mass is 9.85. The lowest BCUT2D eigenvalue weighted by Crippen LogP contribution is -2.44. The highest BCUT2D eigenvalue weighted by atomic mass is 19.1. The average Bonchev–Trinajstić information content (AvgIpc) is 3.01. The van der Waals surface area contributed by atoms with Crippen molar-refractivity contribution in [2.24, 2.45) is 5.92 Å². The Bertz CT molecular complexity index is 932. The van der Waals surface area contributed by atoms with Crippen LogP contribution in [0.3, 0.4) is 0 Å². The van der Waals surface area contributed by atoms with Crippen molar-refractivity contribution in [3.63, 3.8) is 0 Å². The van der Waals surface area contributed by atoms with E-state index in [1.165, 1.54) is 38.2 Å². The standard InChI is InChI=1S/C26H32FN3O2/c1-18(31)21-4-2-5-23(17-21)29-26(32)28-12-3-13-30-24-10-11-25(30)16-20(15-24)14-19-6-8-22(27)9-7-19/h2,4-9,17,20,24-25H,3,10-16H2,1H3,(H2,28,29,32)/t20?,24-,25+. The Labute approximate surface area is 189 Å². The molecule has 2 aliphatic heterocycles. The molecule has 2 amide bonds. The summed E-state index contributed by atoms with van der Waals surface area (Å²) < 4.78 is 13.2. The fourth-order valence-corrected chi connectivity index (χ4v) is 5.33. The molecule has 2 aromatic rings. The normalized spacial score (nSPS) is 22.5. The number of anilines is 1. The molecule has 2 heterocycles. The second kappa shape index (κ2) is 10.3. The first-order chi connectivity index (χ1) is 15.5. The van der Waals surface area contributed by atoms with E-state index in [0.717, 1.165) is 19.4 Å². The van der Waals surface area contributed by atoms with Gasteiger partial charge in [-0.3, -0.25) is 9.69 Å². The zero-order valence-corrected chi connectivity index (χ0v) is 18.6. The number of nitrogens with one attached hydrogen (secondary N) is 2. The molecule has 6 heteroatoms. The van der Waals surface area contributed by atoms with Gasteiger partial charge in [0.25, 0.3) is 0 Å². The third-order valence-electron chi connectivity index (χ3n) is 6.83. The van der Waals surface area contributed by atoms with Crippen molar-refractivity contribution in [2.75, 3.05) is 18.4 Å². The van der Waals surface area contributed by atoms with Crippen LogP contribution >= 0.6 is 0 Å². The van der Waals surface area contributed by atoms with Crippen molar-refractivity contribution in [3.8, 4) is 0 Å². The third kappa shape index (κ3) is 5.74. The third-order valence-corrected chi connectivity index (χ3v) is 6.83. The van der Waals surface area contributed by atoms with Gasteiger partial charge in [-0.1, -0.05) is 24.3 Å². The second-order valence-electron chi connectivity index (χ2n) is 9.16. The molecule has 0 saturated carbocycles. The first-order valence-electron chi connectivity index (χ1n) is 11.6. The number of carbonyl (C=O) groups is 2. The van der Waals surface area contributed by atoms with Crippen LogP contribution in [-0.2, 0) is 6.42 Å². The van der Waals surface area contributed by atoms with Crippen LogP contribution in [0.5, 0.6) is 0 Å². The predicted octanol–water partition coefficient (Wildman–Crippen LogP) is 5.03. The van der Waals surface area contributed by atoms with E-state index in [4.69, 9.17) is 0 Å². The highest BCUT2D eigenvalue weighted by Crippen LogP contribution is 2.39. The first kappa shape index (κ1) is 22.5. The van der Waals surface area contributed by atoms with Gasteiger partial charge in [0.15, 0.2) is 5.78 Å². The SMILES string of the molecule is CC(=O)c1cccc(NC(=O)NCCCN2[C@@H]3CC[C@H]2CC(Cc2ccc(F)cc2)C3)c1. The van der Waals surface area contributed by atoms with Gasteiger partial charge in [-0.15, -0.1) is 0 Å². The van der Waals surface area contributed by atoms with Crippen molar-refractivity contribution in [1.82, 2.24) is 10.2 Å². The molecule has 170 valence electrons. The van der Waals surface area contributed by atoms with E-state index in [9.17, 15) is 14.0 Å². The summed E-state index contributed by atoms with van der Waals surface area (Å²) in [6, 6.07) is 14.9. The Morgan fingerprint density at radius 1 is 1.06 bits per heavy atom. The maximum atomic E-state index is 13.2. The maximum absolute atomic E-state index is 13.2. The van der Waals surface area contributed by atoms with E-state index in [2.05, 4.69) is 15.5 Å². The molecular weight excluding hydrogens is 405 g/mol. The number of benzene rings is 2. The number of halogens is 1. The molecule has 2 N–H and O–H groups in total. The number of amides is 2. The van der Waals surface area contributed by atoms with Gasteiger partial charge in [-0.2, -0.15) is 0 Å². The number of fused-ring (bicyclic) bond motifs is 2. The Kier molecular flexibility index (Phi) is 7.20. The molecule has 0 spiro atoms. The van der Waals surface area contributed by atoms with Crippen LogP contribution in [0.1, 0.15) is 54.9 Å². The lowest BCUT2D eigenvalue weighted by Gasteiger charge is -2.39. The van der Waals surface area contributed by atoms with Crippen LogP contribution in [-0.4, -0.2) is 41.9 Å². The molecular formula is C26H32FN3O2. The molecule has 2 bridgehead atoms. The van der Waals surface area contributed by atoms with Gasteiger partial charge in [0.2, 0.25) is 0 Å². The number of rotatable bonds is 8. The molecule has 0 aromatic heterocycles. The van der Waals surface area contributed by atoms with Crippen LogP contribution in [0, 0.1) is 11.7 Å². The van der Waals surface area contributed by atoms with Gasteiger partial charge in [0.05, 0.1) is 0 Å².